The fourth-order valence-corrected chi connectivity index (χ4v) is 3.56. The number of aromatic nitrogens is 1. The zero-order valence-corrected chi connectivity index (χ0v) is 13.1. The van der Waals surface area contributed by atoms with Crippen molar-refractivity contribution in [2.75, 3.05) is 24.2 Å². The normalized spacial score (nSPS) is 21.7. The number of carbonyl (C=O) groups is 1. The van der Waals surface area contributed by atoms with Crippen LogP contribution in [0, 0.1) is 0 Å². The molecule has 2 rings (SSSR count). The Bertz CT molecular complexity index is 458. The first-order valence-corrected chi connectivity index (χ1v) is 8.24. The van der Waals surface area contributed by atoms with Crippen LogP contribution in [-0.4, -0.2) is 34.5 Å². The van der Waals surface area contributed by atoms with Crippen molar-refractivity contribution in [3.63, 3.8) is 0 Å². The van der Waals surface area contributed by atoms with Crippen LogP contribution >= 0.6 is 11.8 Å². The fourth-order valence-electron chi connectivity index (χ4n) is 2.31. The second-order valence-corrected chi connectivity index (χ2v) is 7.09. The minimum atomic E-state index is -0.0366. The summed E-state index contributed by atoms with van der Waals surface area (Å²) in [5, 5.41) is 6.26. The molecule has 1 unspecified atom stereocenters. The Morgan fingerprint density at radius 1 is 1.55 bits per heavy atom. The van der Waals surface area contributed by atoms with Gasteiger partial charge in [-0.25, -0.2) is 4.98 Å². The van der Waals surface area contributed by atoms with Gasteiger partial charge in [-0.15, -0.1) is 0 Å². The molecule has 20 heavy (non-hydrogen) atoms. The Morgan fingerprint density at radius 2 is 2.40 bits per heavy atom. The first kappa shape index (κ1) is 15.2. The number of hydrogen-bond donors (Lipinski definition) is 2. The molecule has 0 bridgehead atoms. The second kappa shape index (κ2) is 6.97. The smallest absolute Gasteiger partial charge is 0.255 e. The second-order valence-electron chi connectivity index (χ2n) is 5.41. The molecule has 5 heteroatoms. The zero-order chi connectivity index (χ0) is 14.4. The summed E-state index contributed by atoms with van der Waals surface area (Å²) in [6.07, 6.45) is 5.13. The van der Waals surface area contributed by atoms with Gasteiger partial charge in [0.15, 0.2) is 0 Å². The first-order chi connectivity index (χ1) is 9.64. The van der Waals surface area contributed by atoms with Gasteiger partial charge in [0.05, 0.1) is 5.56 Å². The topological polar surface area (TPSA) is 54.0 Å². The van der Waals surface area contributed by atoms with Crippen LogP contribution < -0.4 is 10.6 Å². The van der Waals surface area contributed by atoms with Gasteiger partial charge in [-0.1, -0.05) is 6.92 Å². The van der Waals surface area contributed by atoms with E-state index in [9.17, 15) is 4.79 Å². The lowest BCUT2D eigenvalue weighted by molar-refractivity contribution is 0.0950. The lowest BCUT2D eigenvalue weighted by Gasteiger charge is -2.23. The van der Waals surface area contributed by atoms with Crippen molar-refractivity contribution in [3.8, 4) is 0 Å². The highest BCUT2D eigenvalue weighted by molar-refractivity contribution is 8.00. The maximum absolute atomic E-state index is 12.3. The van der Waals surface area contributed by atoms with E-state index in [0.29, 0.717) is 11.4 Å². The largest absolute Gasteiger partial charge is 0.369 e. The van der Waals surface area contributed by atoms with E-state index in [0.717, 1.165) is 19.5 Å². The molecule has 1 aliphatic rings. The van der Waals surface area contributed by atoms with Crippen LogP contribution in [-0.2, 0) is 0 Å². The van der Waals surface area contributed by atoms with E-state index in [1.54, 1.807) is 12.3 Å². The molecular formula is C15H23N3OS. The van der Waals surface area contributed by atoms with Gasteiger partial charge in [0, 0.05) is 24.0 Å². The van der Waals surface area contributed by atoms with Crippen molar-refractivity contribution >= 4 is 23.5 Å². The summed E-state index contributed by atoms with van der Waals surface area (Å²) in [6, 6.07) is 3.63. The summed E-state index contributed by atoms with van der Waals surface area (Å²) in [5.74, 6) is 1.84. The van der Waals surface area contributed by atoms with Crippen LogP contribution in [0.15, 0.2) is 18.3 Å². The Balaban J connectivity index is 1.98. The Kier molecular flexibility index (Phi) is 5.29. The molecule has 1 aromatic rings. The molecule has 0 spiro atoms. The quantitative estimate of drug-likeness (QED) is 0.847. The number of carbonyl (C=O) groups excluding carboxylic acids is 1. The number of hydrogen-bond acceptors (Lipinski definition) is 4. The number of rotatable bonds is 6. The molecule has 1 fully saturated rings. The Morgan fingerprint density at radius 3 is 3.10 bits per heavy atom. The molecule has 4 nitrogen and oxygen atoms in total. The van der Waals surface area contributed by atoms with Crippen LogP contribution in [0.4, 0.5) is 5.82 Å². The third-order valence-corrected chi connectivity index (χ3v) is 5.06. The molecule has 0 saturated carbocycles. The van der Waals surface area contributed by atoms with Gasteiger partial charge in [-0.2, -0.15) is 11.8 Å². The van der Waals surface area contributed by atoms with Crippen LogP contribution in [0.3, 0.4) is 0 Å². The Labute approximate surface area is 125 Å². The minimum Gasteiger partial charge on any atom is -0.369 e. The molecule has 0 aliphatic carbocycles. The summed E-state index contributed by atoms with van der Waals surface area (Å²) >= 11 is 1.95. The molecule has 1 aliphatic heterocycles. The van der Waals surface area contributed by atoms with Gasteiger partial charge in [0.25, 0.3) is 5.91 Å². The maximum atomic E-state index is 12.3. The molecule has 1 atom stereocenters. The summed E-state index contributed by atoms with van der Waals surface area (Å²) in [5.41, 5.74) is 0.632. The van der Waals surface area contributed by atoms with Crippen molar-refractivity contribution in [1.29, 1.82) is 0 Å². The fraction of sp³-hybridized carbons (Fsp3) is 0.600. The molecular weight excluding hydrogens is 270 g/mol. The number of amides is 1. The average molecular weight is 293 g/mol. The molecule has 0 aromatic carbocycles. The molecule has 0 radical (unpaired) electrons. The molecule has 1 saturated heterocycles. The number of nitrogens with zero attached hydrogens (tertiary/aromatic N) is 1. The van der Waals surface area contributed by atoms with Gasteiger partial charge < -0.3 is 10.6 Å². The van der Waals surface area contributed by atoms with E-state index in [2.05, 4.69) is 29.5 Å². The molecule has 110 valence electrons. The van der Waals surface area contributed by atoms with E-state index in [4.69, 9.17) is 0 Å². The first-order valence-electron chi connectivity index (χ1n) is 7.26. The minimum absolute atomic E-state index is 0.0366. The lowest BCUT2D eigenvalue weighted by Crippen LogP contribution is -2.37. The van der Waals surface area contributed by atoms with Gasteiger partial charge >= 0.3 is 0 Å². The van der Waals surface area contributed by atoms with E-state index >= 15 is 0 Å². The van der Waals surface area contributed by atoms with Crippen molar-refractivity contribution < 1.29 is 4.79 Å². The number of pyridine rings is 1. The van der Waals surface area contributed by atoms with Gasteiger partial charge in [0.1, 0.15) is 5.82 Å². The molecule has 2 N–H and O–H groups in total. The lowest BCUT2D eigenvalue weighted by atomic mass is 10.1. The summed E-state index contributed by atoms with van der Waals surface area (Å²) in [7, 11) is 0. The standard InChI is InChI=1S/C15H23N3OS/c1-3-8-16-13-12(6-4-9-17-13)14(19)18-11-15(2)7-5-10-20-15/h4,6,9H,3,5,7-8,10-11H2,1-2H3,(H,16,17)(H,18,19). The number of nitrogens with one attached hydrogen (secondary N) is 2. The van der Waals surface area contributed by atoms with Crippen LogP contribution in [0.1, 0.15) is 43.5 Å². The molecule has 1 amide bonds. The van der Waals surface area contributed by atoms with Crippen molar-refractivity contribution in [2.45, 2.75) is 37.9 Å². The highest BCUT2D eigenvalue weighted by atomic mass is 32.2. The van der Waals surface area contributed by atoms with E-state index < -0.39 is 0 Å². The van der Waals surface area contributed by atoms with E-state index in [-0.39, 0.29) is 10.7 Å². The maximum Gasteiger partial charge on any atom is 0.255 e. The third-order valence-electron chi connectivity index (χ3n) is 3.52. The van der Waals surface area contributed by atoms with Crippen LogP contribution in [0.25, 0.3) is 0 Å². The van der Waals surface area contributed by atoms with Crippen molar-refractivity contribution in [2.24, 2.45) is 0 Å². The number of anilines is 1. The van der Waals surface area contributed by atoms with Crippen molar-refractivity contribution in [3.05, 3.63) is 23.9 Å². The highest BCUT2D eigenvalue weighted by Gasteiger charge is 2.30. The van der Waals surface area contributed by atoms with Crippen molar-refractivity contribution in [1.82, 2.24) is 10.3 Å². The predicted octanol–water partition coefficient (Wildman–Crippen LogP) is 2.92. The van der Waals surface area contributed by atoms with E-state index in [1.165, 1.54) is 18.6 Å². The predicted molar refractivity (Wildman–Crippen MR) is 85.4 cm³/mol. The summed E-state index contributed by atoms with van der Waals surface area (Å²) in [6.45, 7) is 5.86. The van der Waals surface area contributed by atoms with Crippen LogP contribution in [0.2, 0.25) is 0 Å². The van der Waals surface area contributed by atoms with Crippen LogP contribution in [0.5, 0.6) is 0 Å². The molecule has 2 heterocycles. The molecule has 1 aromatic heterocycles. The highest BCUT2D eigenvalue weighted by Crippen LogP contribution is 2.37. The summed E-state index contributed by atoms with van der Waals surface area (Å²) < 4.78 is 0.189. The zero-order valence-electron chi connectivity index (χ0n) is 12.2. The average Bonchev–Trinajstić information content (AvgIpc) is 2.90. The Hall–Kier alpha value is -1.23. The third kappa shape index (κ3) is 3.88. The van der Waals surface area contributed by atoms with Gasteiger partial charge in [-0.3, -0.25) is 4.79 Å². The van der Waals surface area contributed by atoms with E-state index in [1.807, 2.05) is 17.8 Å². The SMILES string of the molecule is CCCNc1ncccc1C(=O)NCC1(C)CCCS1. The number of thioether (sulfide) groups is 1. The monoisotopic (exact) mass is 293 g/mol. The van der Waals surface area contributed by atoms with Gasteiger partial charge in [-0.05, 0) is 44.1 Å². The summed E-state index contributed by atoms with van der Waals surface area (Å²) in [4.78, 5) is 16.6. The van der Waals surface area contributed by atoms with Gasteiger partial charge in [0.2, 0.25) is 0 Å².